The zero-order valence-electron chi connectivity index (χ0n) is 10.8. The van der Waals surface area contributed by atoms with Gasteiger partial charge in [-0.3, -0.25) is 4.84 Å². The van der Waals surface area contributed by atoms with E-state index in [0.717, 1.165) is 5.06 Å². The molecule has 0 radical (unpaired) electrons. The molecule has 0 rings (SSSR count). The number of carbonyl (C=O) groups is 1. The Morgan fingerprint density at radius 3 is 2.25 bits per heavy atom. The van der Waals surface area contributed by atoms with Gasteiger partial charge in [0.1, 0.15) is 6.29 Å². The highest BCUT2D eigenvalue weighted by Gasteiger charge is 2.39. The van der Waals surface area contributed by atoms with Gasteiger partial charge in [0.15, 0.2) is 0 Å². The molecule has 0 bridgehead atoms. The van der Waals surface area contributed by atoms with Crippen LogP contribution >= 0.6 is 0 Å². The summed E-state index contributed by atoms with van der Waals surface area (Å²) in [4.78, 5) is 15.5. The summed E-state index contributed by atoms with van der Waals surface area (Å²) in [5.41, 5.74) is -0.600. The van der Waals surface area contributed by atoms with Crippen LogP contribution in [0.1, 0.15) is 27.7 Å². The Morgan fingerprint density at radius 2 is 1.94 bits per heavy atom. The van der Waals surface area contributed by atoms with Gasteiger partial charge in [0, 0.05) is 7.05 Å². The van der Waals surface area contributed by atoms with Crippen LogP contribution < -0.4 is 5.32 Å². The van der Waals surface area contributed by atoms with E-state index in [1.165, 1.54) is 14.2 Å². The number of nitrogens with one attached hydrogen (secondary N) is 1. The van der Waals surface area contributed by atoms with Gasteiger partial charge in [0.2, 0.25) is 0 Å². The van der Waals surface area contributed by atoms with E-state index in [-0.39, 0.29) is 0 Å². The number of nitrogens with zero attached hydrogens (tertiary/aromatic N) is 1. The number of aliphatic hydroxyl groups is 1. The van der Waals surface area contributed by atoms with Crippen molar-refractivity contribution in [3.63, 3.8) is 0 Å². The number of rotatable bonds is 6. The molecule has 6 heteroatoms. The van der Waals surface area contributed by atoms with E-state index in [0.29, 0.717) is 6.29 Å². The third-order valence-corrected chi connectivity index (χ3v) is 1.77. The standard InChI is InChI=1S/C10H22N2O4/c1-8(7-13)11-10(14,12(5)15-6)16-9(2,3)4/h7-8,11,14H,1-6H3/t8-,10+/m1/s1. The maximum atomic E-state index is 10.6. The first-order valence-corrected chi connectivity index (χ1v) is 5.08. The summed E-state index contributed by atoms with van der Waals surface area (Å²) in [5.74, 6) is 0. The molecule has 0 aromatic heterocycles. The lowest BCUT2D eigenvalue weighted by atomic mass is 10.2. The number of hydrogen-bond acceptors (Lipinski definition) is 6. The van der Waals surface area contributed by atoms with E-state index >= 15 is 0 Å². The first-order valence-electron chi connectivity index (χ1n) is 5.08. The van der Waals surface area contributed by atoms with Crippen LogP contribution in [0.3, 0.4) is 0 Å². The average Bonchev–Trinajstić information content (AvgIpc) is 2.13. The van der Waals surface area contributed by atoms with Crippen molar-refractivity contribution in [2.45, 2.75) is 45.4 Å². The second kappa shape index (κ2) is 5.70. The average molecular weight is 234 g/mol. The minimum atomic E-state index is -1.85. The Kier molecular flexibility index (Phi) is 5.51. The lowest BCUT2D eigenvalue weighted by Crippen LogP contribution is -2.64. The highest BCUT2D eigenvalue weighted by molar-refractivity contribution is 5.56. The molecule has 0 fully saturated rings. The van der Waals surface area contributed by atoms with Gasteiger partial charge in [-0.25, -0.2) is 5.32 Å². The van der Waals surface area contributed by atoms with E-state index in [9.17, 15) is 9.90 Å². The molecule has 0 heterocycles. The molecule has 16 heavy (non-hydrogen) atoms. The quantitative estimate of drug-likeness (QED) is 0.385. The maximum Gasteiger partial charge on any atom is 0.315 e. The maximum absolute atomic E-state index is 10.6. The van der Waals surface area contributed by atoms with Crippen LogP contribution in [0.5, 0.6) is 0 Å². The van der Waals surface area contributed by atoms with Crippen molar-refractivity contribution < 1.29 is 19.5 Å². The summed E-state index contributed by atoms with van der Waals surface area (Å²) < 4.78 is 5.44. The third-order valence-electron chi connectivity index (χ3n) is 1.77. The zero-order valence-corrected chi connectivity index (χ0v) is 10.8. The van der Waals surface area contributed by atoms with Gasteiger partial charge in [0.05, 0.1) is 18.8 Å². The van der Waals surface area contributed by atoms with Crippen LogP contribution in [0, 0.1) is 0 Å². The number of aldehydes is 1. The molecule has 0 aromatic rings. The molecule has 0 spiro atoms. The third kappa shape index (κ3) is 5.00. The molecular weight excluding hydrogens is 212 g/mol. The first-order chi connectivity index (χ1) is 7.14. The molecule has 0 aliphatic rings. The molecule has 0 unspecified atom stereocenters. The minimum Gasteiger partial charge on any atom is -0.339 e. The van der Waals surface area contributed by atoms with Gasteiger partial charge in [-0.05, 0) is 27.7 Å². The normalized spacial score (nSPS) is 18.2. The summed E-state index contributed by atoms with van der Waals surface area (Å²) in [5, 5.41) is 13.9. The van der Waals surface area contributed by atoms with E-state index in [4.69, 9.17) is 9.57 Å². The van der Waals surface area contributed by atoms with Crippen molar-refractivity contribution >= 4 is 6.29 Å². The first kappa shape index (κ1) is 15.5. The molecule has 2 N–H and O–H groups in total. The smallest absolute Gasteiger partial charge is 0.315 e. The number of ether oxygens (including phenoxy) is 1. The van der Waals surface area contributed by atoms with Crippen LogP contribution in [-0.2, 0) is 14.4 Å². The van der Waals surface area contributed by atoms with Crippen LogP contribution in [0.15, 0.2) is 0 Å². The highest BCUT2D eigenvalue weighted by atomic mass is 16.8. The van der Waals surface area contributed by atoms with E-state index in [2.05, 4.69) is 5.32 Å². The Bertz CT molecular complexity index is 229. The van der Waals surface area contributed by atoms with Crippen molar-refractivity contribution in [3.8, 4) is 0 Å². The van der Waals surface area contributed by atoms with E-state index in [1.54, 1.807) is 27.7 Å². The summed E-state index contributed by atoms with van der Waals surface area (Å²) in [6.07, 6.45) is 0.667. The fourth-order valence-corrected chi connectivity index (χ4v) is 1.07. The molecule has 0 amide bonds. The predicted molar refractivity (Wildman–Crippen MR) is 59.2 cm³/mol. The second-order valence-corrected chi connectivity index (χ2v) is 4.57. The van der Waals surface area contributed by atoms with Gasteiger partial charge in [-0.2, -0.15) is 0 Å². The molecule has 0 saturated heterocycles. The number of carbonyl (C=O) groups excluding carboxylic acids is 1. The fourth-order valence-electron chi connectivity index (χ4n) is 1.07. The minimum absolute atomic E-state index is 0.565. The summed E-state index contributed by atoms with van der Waals surface area (Å²) >= 11 is 0. The molecule has 96 valence electrons. The Hall–Kier alpha value is -0.530. The van der Waals surface area contributed by atoms with Gasteiger partial charge in [-0.1, -0.05) is 0 Å². The summed E-state index contributed by atoms with van der Waals surface area (Å²) in [6.45, 7) is 6.96. The van der Waals surface area contributed by atoms with Crippen molar-refractivity contribution in [1.29, 1.82) is 0 Å². The van der Waals surface area contributed by atoms with Gasteiger partial charge >= 0.3 is 6.03 Å². The molecule has 0 aromatic carbocycles. The van der Waals surface area contributed by atoms with Crippen LogP contribution in [-0.4, -0.2) is 48.3 Å². The molecule has 0 aliphatic heterocycles. The van der Waals surface area contributed by atoms with Crippen LogP contribution in [0.25, 0.3) is 0 Å². The fraction of sp³-hybridized carbons (Fsp3) is 0.900. The molecule has 2 atom stereocenters. The summed E-state index contributed by atoms with van der Waals surface area (Å²) in [7, 11) is 2.89. The van der Waals surface area contributed by atoms with Crippen LogP contribution in [0.4, 0.5) is 0 Å². The lowest BCUT2D eigenvalue weighted by Gasteiger charge is -2.40. The molecule has 0 saturated carbocycles. The largest absolute Gasteiger partial charge is 0.339 e. The number of hydrogen-bond donors (Lipinski definition) is 2. The summed E-state index contributed by atoms with van der Waals surface area (Å²) in [6, 6.07) is -2.42. The van der Waals surface area contributed by atoms with Gasteiger partial charge in [0.25, 0.3) is 0 Å². The highest BCUT2D eigenvalue weighted by Crippen LogP contribution is 2.19. The van der Waals surface area contributed by atoms with Crippen molar-refractivity contribution in [2.24, 2.45) is 0 Å². The van der Waals surface area contributed by atoms with E-state index in [1.807, 2.05) is 0 Å². The molecule has 6 nitrogen and oxygen atoms in total. The topological polar surface area (TPSA) is 71.0 Å². The van der Waals surface area contributed by atoms with Crippen LogP contribution in [0.2, 0.25) is 0 Å². The van der Waals surface area contributed by atoms with Crippen molar-refractivity contribution in [3.05, 3.63) is 0 Å². The zero-order chi connectivity index (χ0) is 13.0. The van der Waals surface area contributed by atoms with E-state index < -0.39 is 17.7 Å². The van der Waals surface area contributed by atoms with Crippen molar-refractivity contribution in [2.75, 3.05) is 14.2 Å². The predicted octanol–water partition coefficient (Wildman–Crippen LogP) is 0.0753. The SMILES string of the molecule is CON(C)[C@](O)(N[C@H](C)C=O)OC(C)(C)C. The Labute approximate surface area is 96.5 Å². The monoisotopic (exact) mass is 234 g/mol. The molecular formula is C10H22N2O4. The molecule has 0 aliphatic carbocycles. The Morgan fingerprint density at radius 1 is 1.44 bits per heavy atom. The van der Waals surface area contributed by atoms with Crippen molar-refractivity contribution in [1.82, 2.24) is 10.4 Å². The van der Waals surface area contributed by atoms with Gasteiger partial charge < -0.3 is 14.6 Å². The lowest BCUT2D eigenvalue weighted by molar-refractivity contribution is -0.414. The Balaban J connectivity index is 4.81. The second-order valence-electron chi connectivity index (χ2n) is 4.57. The van der Waals surface area contributed by atoms with Gasteiger partial charge in [-0.15, -0.1) is 5.06 Å². The number of hydroxylamine groups is 2.